The van der Waals surface area contributed by atoms with E-state index in [0.717, 1.165) is 13.0 Å². The Kier molecular flexibility index (Phi) is 8.43. The summed E-state index contributed by atoms with van der Waals surface area (Å²) in [6, 6.07) is 2.31. The van der Waals surface area contributed by atoms with E-state index in [1.54, 1.807) is 0 Å². The van der Waals surface area contributed by atoms with Crippen molar-refractivity contribution in [1.82, 2.24) is 0 Å². The quantitative estimate of drug-likeness (QED) is 0.467. The molecule has 0 spiro atoms. The second-order valence-corrected chi connectivity index (χ2v) is 19.7. The largest absolute Gasteiger partial charge is 0.417 e. The van der Waals surface area contributed by atoms with Gasteiger partial charge in [0.15, 0.2) is 16.6 Å². The molecule has 0 bridgehead atoms. The van der Waals surface area contributed by atoms with Crippen LogP contribution in [0.25, 0.3) is 0 Å². The predicted molar refractivity (Wildman–Crippen MR) is 109 cm³/mol. The number of nitriles is 1. The van der Waals surface area contributed by atoms with E-state index in [4.69, 9.17) is 14.1 Å². The third kappa shape index (κ3) is 6.99. The Balaban J connectivity index is 4.98. The van der Waals surface area contributed by atoms with Crippen molar-refractivity contribution in [2.75, 3.05) is 6.61 Å². The molecule has 0 heterocycles. The highest BCUT2D eigenvalue weighted by atomic mass is 28.4. The van der Waals surface area contributed by atoms with Gasteiger partial charge < -0.3 is 8.85 Å². The Morgan fingerprint density at radius 3 is 1.75 bits per heavy atom. The third-order valence-corrected chi connectivity index (χ3v) is 15.0. The van der Waals surface area contributed by atoms with E-state index < -0.39 is 16.6 Å². The summed E-state index contributed by atoms with van der Waals surface area (Å²) in [5.74, 6) is 0.243. The van der Waals surface area contributed by atoms with Crippen molar-refractivity contribution < 1.29 is 8.85 Å². The summed E-state index contributed by atoms with van der Waals surface area (Å²) in [7, 11) is -3.58. The smallest absolute Gasteiger partial charge is 0.192 e. The van der Waals surface area contributed by atoms with Gasteiger partial charge in [0.25, 0.3) is 0 Å². The zero-order chi connectivity index (χ0) is 19.4. The van der Waals surface area contributed by atoms with Crippen LogP contribution in [0, 0.1) is 17.2 Å². The predicted octanol–water partition coefficient (Wildman–Crippen LogP) is 6.34. The first-order chi connectivity index (χ1) is 10.5. The van der Waals surface area contributed by atoms with Crippen LogP contribution < -0.4 is 0 Å². The molecule has 0 N–H and O–H groups in total. The molecule has 0 aromatic heterocycles. The average molecular weight is 372 g/mol. The first-order valence-corrected chi connectivity index (χ1v) is 15.1. The lowest BCUT2D eigenvalue weighted by molar-refractivity contribution is 0.0977. The zero-order valence-corrected chi connectivity index (χ0v) is 20.0. The summed E-state index contributed by atoms with van der Waals surface area (Å²) >= 11 is 0. The topological polar surface area (TPSA) is 42.2 Å². The Hall–Kier alpha value is -0.156. The van der Waals surface area contributed by atoms with Crippen LogP contribution in [0.5, 0.6) is 0 Å². The Morgan fingerprint density at radius 2 is 1.38 bits per heavy atom. The van der Waals surface area contributed by atoms with Gasteiger partial charge in [-0.1, -0.05) is 48.5 Å². The molecular weight excluding hydrogens is 330 g/mol. The fraction of sp³-hybridized carbons (Fsp3) is 0.947. The van der Waals surface area contributed by atoms with Crippen LogP contribution >= 0.6 is 0 Å². The summed E-state index contributed by atoms with van der Waals surface area (Å²) in [6.07, 6.45) is 1.52. The first kappa shape index (κ1) is 23.8. The van der Waals surface area contributed by atoms with E-state index in [1.165, 1.54) is 0 Å². The molecule has 2 atom stereocenters. The van der Waals surface area contributed by atoms with Crippen LogP contribution in [0.3, 0.4) is 0 Å². The Morgan fingerprint density at radius 1 is 0.917 bits per heavy atom. The van der Waals surface area contributed by atoms with Crippen molar-refractivity contribution in [1.29, 1.82) is 5.26 Å². The van der Waals surface area contributed by atoms with E-state index in [1.807, 2.05) is 0 Å². The third-order valence-electron chi connectivity index (χ3n) is 5.97. The number of rotatable bonds is 8. The van der Waals surface area contributed by atoms with Crippen molar-refractivity contribution in [3.63, 3.8) is 0 Å². The Bertz CT molecular complexity index is 428. The summed E-state index contributed by atoms with van der Waals surface area (Å²) in [4.78, 5) is 0. The molecule has 0 fully saturated rings. The maximum Gasteiger partial charge on any atom is 0.192 e. The molecule has 0 aromatic carbocycles. The molecule has 5 heteroatoms. The second kappa shape index (κ2) is 8.48. The van der Waals surface area contributed by atoms with Gasteiger partial charge in [-0.2, -0.15) is 5.26 Å². The molecule has 0 aromatic rings. The fourth-order valence-electron chi connectivity index (χ4n) is 1.94. The van der Waals surface area contributed by atoms with Gasteiger partial charge in [-0.05, 0) is 48.6 Å². The van der Waals surface area contributed by atoms with Gasteiger partial charge in [-0.15, -0.1) is 0 Å². The SMILES string of the molecule is C[C@H](CC#N)[C@@H](CCO[Si](C)(C)C(C)(C)C)O[Si](C)(C)C(C)(C)C. The number of hydrogen-bond acceptors (Lipinski definition) is 3. The molecular formula is C19H41NO2Si2. The summed E-state index contributed by atoms with van der Waals surface area (Å²) in [5, 5.41) is 9.49. The van der Waals surface area contributed by atoms with Gasteiger partial charge in [0, 0.05) is 13.0 Å². The van der Waals surface area contributed by atoms with Crippen LogP contribution in [-0.4, -0.2) is 29.3 Å². The molecule has 0 radical (unpaired) electrons. The van der Waals surface area contributed by atoms with Crippen LogP contribution in [-0.2, 0) is 8.85 Å². The maximum atomic E-state index is 9.09. The fourth-order valence-corrected chi connectivity index (χ4v) is 4.46. The van der Waals surface area contributed by atoms with E-state index >= 15 is 0 Å². The van der Waals surface area contributed by atoms with Crippen molar-refractivity contribution in [2.45, 2.75) is 104 Å². The molecule has 0 amide bonds. The molecule has 0 rings (SSSR count). The number of hydrogen-bond donors (Lipinski definition) is 0. The highest BCUT2D eigenvalue weighted by Crippen LogP contribution is 2.39. The van der Waals surface area contributed by atoms with Gasteiger partial charge >= 0.3 is 0 Å². The van der Waals surface area contributed by atoms with Gasteiger partial charge in [-0.25, -0.2) is 0 Å². The minimum Gasteiger partial charge on any atom is -0.417 e. The van der Waals surface area contributed by atoms with Crippen molar-refractivity contribution in [3.8, 4) is 6.07 Å². The molecule has 0 saturated carbocycles. The lowest BCUT2D eigenvalue weighted by atomic mass is 10.00. The normalized spacial score (nSPS) is 16.6. The molecule has 0 aliphatic heterocycles. The van der Waals surface area contributed by atoms with Crippen LogP contribution in [0.15, 0.2) is 0 Å². The lowest BCUT2D eigenvalue weighted by Gasteiger charge is -2.41. The zero-order valence-electron chi connectivity index (χ0n) is 18.0. The van der Waals surface area contributed by atoms with Gasteiger partial charge in [0.05, 0.1) is 12.2 Å². The summed E-state index contributed by atoms with van der Waals surface area (Å²) in [6.45, 7) is 25.6. The average Bonchev–Trinajstić information content (AvgIpc) is 2.34. The first-order valence-electron chi connectivity index (χ1n) is 9.24. The van der Waals surface area contributed by atoms with Crippen LogP contribution in [0.1, 0.15) is 61.3 Å². The monoisotopic (exact) mass is 371 g/mol. The highest BCUT2D eigenvalue weighted by molar-refractivity contribution is 6.74. The maximum absolute atomic E-state index is 9.09. The minimum absolute atomic E-state index is 0.107. The number of nitrogens with zero attached hydrogens (tertiary/aromatic N) is 1. The second-order valence-electron chi connectivity index (χ2n) is 10.2. The molecule has 0 aliphatic carbocycles. The molecule has 24 heavy (non-hydrogen) atoms. The molecule has 0 saturated heterocycles. The van der Waals surface area contributed by atoms with E-state index in [0.29, 0.717) is 6.42 Å². The van der Waals surface area contributed by atoms with E-state index in [-0.39, 0.29) is 22.1 Å². The molecule has 0 aliphatic rings. The molecule has 3 nitrogen and oxygen atoms in total. The van der Waals surface area contributed by atoms with Crippen LogP contribution in [0.4, 0.5) is 0 Å². The van der Waals surface area contributed by atoms with Gasteiger partial charge in [-0.3, -0.25) is 0 Å². The Labute approximate surface area is 153 Å². The van der Waals surface area contributed by atoms with E-state index in [9.17, 15) is 0 Å². The van der Waals surface area contributed by atoms with Gasteiger partial charge in [0.2, 0.25) is 0 Å². The van der Waals surface area contributed by atoms with Gasteiger partial charge in [0.1, 0.15) is 0 Å². The standard InChI is InChI=1S/C19H41NO2Si2/c1-16(12-14-20)17(22-24(10,11)19(5,6)7)13-15-21-23(8,9)18(2,3)4/h16-17H,12-13,15H2,1-11H3/t16-,17-/m1/s1. The minimum atomic E-state index is -1.85. The summed E-state index contributed by atoms with van der Waals surface area (Å²) < 4.78 is 13.0. The lowest BCUT2D eigenvalue weighted by Crippen LogP contribution is -2.46. The molecule has 0 unspecified atom stereocenters. The molecule has 142 valence electrons. The van der Waals surface area contributed by atoms with Crippen molar-refractivity contribution in [3.05, 3.63) is 0 Å². The van der Waals surface area contributed by atoms with Crippen molar-refractivity contribution in [2.24, 2.45) is 5.92 Å². The van der Waals surface area contributed by atoms with Crippen LogP contribution in [0.2, 0.25) is 36.3 Å². The summed E-state index contributed by atoms with van der Waals surface area (Å²) in [5.41, 5.74) is 0. The van der Waals surface area contributed by atoms with Crippen molar-refractivity contribution >= 4 is 16.6 Å². The highest BCUT2D eigenvalue weighted by Gasteiger charge is 2.41. The van der Waals surface area contributed by atoms with E-state index in [2.05, 4.69) is 80.7 Å².